The maximum absolute atomic E-state index is 12.2. The van der Waals surface area contributed by atoms with Gasteiger partial charge in [-0.25, -0.2) is 0 Å². The molecule has 0 aliphatic heterocycles. The van der Waals surface area contributed by atoms with Crippen molar-refractivity contribution in [3.05, 3.63) is 17.5 Å². The van der Waals surface area contributed by atoms with Crippen molar-refractivity contribution in [1.82, 2.24) is 15.1 Å². The van der Waals surface area contributed by atoms with E-state index >= 15 is 0 Å². The summed E-state index contributed by atoms with van der Waals surface area (Å²) in [4.78, 5) is 0. The molecule has 0 fully saturated rings. The van der Waals surface area contributed by atoms with E-state index in [1.165, 1.54) is 0 Å². The fraction of sp³-hybridized carbons (Fsp3) is 0.727. The third kappa shape index (κ3) is 4.38. The summed E-state index contributed by atoms with van der Waals surface area (Å²) in [5.41, 5.74) is 1.62. The summed E-state index contributed by atoms with van der Waals surface area (Å²) in [5, 5.41) is 7.22. The van der Waals surface area contributed by atoms with Crippen LogP contribution >= 0.6 is 0 Å². The Kier molecular flexibility index (Phi) is 4.56. The Morgan fingerprint density at radius 3 is 2.53 bits per heavy atom. The first kappa shape index (κ1) is 14.0. The van der Waals surface area contributed by atoms with Crippen LogP contribution in [0.15, 0.2) is 6.07 Å². The van der Waals surface area contributed by atoms with Gasteiger partial charge >= 0.3 is 6.18 Å². The van der Waals surface area contributed by atoms with E-state index in [1.807, 2.05) is 19.9 Å². The minimum absolute atomic E-state index is 0.0380. The molecule has 1 unspecified atom stereocenters. The lowest BCUT2D eigenvalue weighted by Gasteiger charge is -2.18. The summed E-state index contributed by atoms with van der Waals surface area (Å²) < 4.78 is 38.3. The third-order valence-corrected chi connectivity index (χ3v) is 2.56. The van der Waals surface area contributed by atoms with Gasteiger partial charge in [-0.05, 0) is 26.0 Å². The number of rotatable bonds is 5. The van der Waals surface area contributed by atoms with Crippen LogP contribution in [0.25, 0.3) is 0 Å². The van der Waals surface area contributed by atoms with E-state index in [0.717, 1.165) is 11.4 Å². The fourth-order valence-electron chi connectivity index (χ4n) is 1.87. The van der Waals surface area contributed by atoms with Crippen LogP contribution in [-0.2, 0) is 7.05 Å². The minimum atomic E-state index is -4.11. The zero-order valence-corrected chi connectivity index (χ0v) is 10.3. The van der Waals surface area contributed by atoms with E-state index < -0.39 is 12.6 Å². The molecule has 0 amide bonds. The Hall–Kier alpha value is -1.04. The Balaban J connectivity index is 2.75. The van der Waals surface area contributed by atoms with Crippen LogP contribution in [0.3, 0.4) is 0 Å². The van der Waals surface area contributed by atoms with E-state index in [1.54, 1.807) is 11.7 Å². The third-order valence-electron chi connectivity index (χ3n) is 2.56. The van der Waals surface area contributed by atoms with Gasteiger partial charge in [-0.15, -0.1) is 0 Å². The average molecular weight is 249 g/mol. The van der Waals surface area contributed by atoms with Crippen molar-refractivity contribution in [2.24, 2.45) is 7.05 Å². The minimum Gasteiger partial charge on any atom is -0.309 e. The lowest BCUT2D eigenvalue weighted by Crippen LogP contribution is -2.25. The molecule has 3 nitrogen and oxygen atoms in total. The van der Waals surface area contributed by atoms with E-state index in [2.05, 4.69) is 10.4 Å². The summed E-state index contributed by atoms with van der Waals surface area (Å²) in [5.74, 6) is 0. The molecule has 0 aliphatic carbocycles. The summed E-state index contributed by atoms with van der Waals surface area (Å²) >= 11 is 0. The van der Waals surface area contributed by atoms with Gasteiger partial charge in [0, 0.05) is 19.5 Å². The molecular formula is C11H18F3N3. The lowest BCUT2D eigenvalue weighted by molar-refractivity contribution is -0.136. The van der Waals surface area contributed by atoms with E-state index in [9.17, 15) is 13.2 Å². The van der Waals surface area contributed by atoms with Crippen LogP contribution in [-0.4, -0.2) is 22.5 Å². The van der Waals surface area contributed by atoms with Gasteiger partial charge in [-0.2, -0.15) is 18.3 Å². The molecule has 1 N–H and O–H groups in total. The molecule has 1 aromatic rings. The summed E-state index contributed by atoms with van der Waals surface area (Å²) in [7, 11) is 1.75. The molecule has 1 heterocycles. The van der Waals surface area contributed by atoms with Gasteiger partial charge in [0.05, 0.1) is 11.4 Å². The molecule has 1 aromatic heterocycles. The van der Waals surface area contributed by atoms with Crippen molar-refractivity contribution < 1.29 is 13.2 Å². The molecule has 98 valence electrons. The fourth-order valence-corrected chi connectivity index (χ4v) is 1.87. The van der Waals surface area contributed by atoms with Gasteiger partial charge in [0.2, 0.25) is 0 Å². The van der Waals surface area contributed by atoms with E-state index in [0.29, 0.717) is 6.54 Å². The number of aromatic nitrogens is 2. The van der Waals surface area contributed by atoms with Gasteiger partial charge in [-0.1, -0.05) is 6.92 Å². The van der Waals surface area contributed by atoms with Gasteiger partial charge in [-0.3, -0.25) is 4.68 Å². The maximum Gasteiger partial charge on any atom is 0.389 e. The Morgan fingerprint density at radius 2 is 2.12 bits per heavy atom. The van der Waals surface area contributed by atoms with Crippen molar-refractivity contribution in [1.29, 1.82) is 0 Å². The Bertz CT molecular complexity index is 357. The zero-order valence-electron chi connectivity index (χ0n) is 10.3. The number of aryl methyl sites for hydroxylation is 2. The summed E-state index contributed by atoms with van der Waals surface area (Å²) in [6.07, 6.45) is -4.85. The van der Waals surface area contributed by atoms with Crippen molar-refractivity contribution in [2.75, 3.05) is 6.54 Å². The highest BCUT2D eigenvalue weighted by atomic mass is 19.4. The lowest BCUT2D eigenvalue weighted by atomic mass is 10.1. The molecule has 1 atom stereocenters. The van der Waals surface area contributed by atoms with Crippen LogP contribution in [0.2, 0.25) is 0 Å². The maximum atomic E-state index is 12.2. The highest BCUT2D eigenvalue weighted by molar-refractivity contribution is 5.13. The SMILES string of the molecule is CCNC(CCC(F)(F)F)c1cc(C)nn1C. The second kappa shape index (κ2) is 5.53. The van der Waals surface area contributed by atoms with Crippen LogP contribution in [0.5, 0.6) is 0 Å². The van der Waals surface area contributed by atoms with Crippen molar-refractivity contribution in [3.63, 3.8) is 0 Å². The predicted octanol–water partition coefficient (Wildman–Crippen LogP) is 2.72. The van der Waals surface area contributed by atoms with E-state index in [4.69, 9.17) is 0 Å². The van der Waals surface area contributed by atoms with Crippen molar-refractivity contribution in [2.45, 2.75) is 38.9 Å². The second-order valence-corrected chi connectivity index (χ2v) is 4.10. The molecular weight excluding hydrogens is 231 g/mol. The van der Waals surface area contributed by atoms with Crippen LogP contribution < -0.4 is 5.32 Å². The van der Waals surface area contributed by atoms with Gasteiger partial charge in [0.1, 0.15) is 0 Å². The van der Waals surface area contributed by atoms with E-state index in [-0.39, 0.29) is 12.5 Å². The molecule has 0 saturated carbocycles. The van der Waals surface area contributed by atoms with Gasteiger partial charge in [0.15, 0.2) is 0 Å². The average Bonchev–Trinajstić information content (AvgIpc) is 2.51. The topological polar surface area (TPSA) is 29.9 Å². The number of hydrogen-bond acceptors (Lipinski definition) is 2. The summed E-state index contributed by atoms with van der Waals surface area (Å²) in [6, 6.07) is 1.52. The molecule has 6 heteroatoms. The number of nitrogens with zero attached hydrogens (tertiary/aromatic N) is 2. The first-order valence-corrected chi connectivity index (χ1v) is 5.64. The normalized spacial score (nSPS) is 14.0. The molecule has 0 spiro atoms. The van der Waals surface area contributed by atoms with Crippen LogP contribution in [0, 0.1) is 6.92 Å². The van der Waals surface area contributed by atoms with Gasteiger partial charge < -0.3 is 5.32 Å². The highest BCUT2D eigenvalue weighted by Crippen LogP contribution is 2.27. The molecule has 0 aliphatic rings. The van der Waals surface area contributed by atoms with Crippen molar-refractivity contribution in [3.8, 4) is 0 Å². The number of alkyl halides is 3. The Morgan fingerprint density at radius 1 is 1.47 bits per heavy atom. The largest absolute Gasteiger partial charge is 0.389 e. The zero-order chi connectivity index (χ0) is 13.1. The molecule has 0 aromatic carbocycles. The predicted molar refractivity (Wildman–Crippen MR) is 59.7 cm³/mol. The monoisotopic (exact) mass is 249 g/mol. The summed E-state index contributed by atoms with van der Waals surface area (Å²) in [6.45, 7) is 4.34. The molecule has 0 saturated heterocycles. The molecule has 0 bridgehead atoms. The van der Waals surface area contributed by atoms with Gasteiger partial charge in [0.25, 0.3) is 0 Å². The number of halogens is 3. The highest BCUT2D eigenvalue weighted by Gasteiger charge is 2.29. The first-order chi connectivity index (χ1) is 7.83. The Labute approximate surface area is 99.0 Å². The van der Waals surface area contributed by atoms with Crippen LogP contribution in [0.4, 0.5) is 13.2 Å². The van der Waals surface area contributed by atoms with Crippen LogP contribution in [0.1, 0.15) is 37.2 Å². The number of nitrogens with one attached hydrogen (secondary N) is 1. The first-order valence-electron chi connectivity index (χ1n) is 5.64. The second-order valence-electron chi connectivity index (χ2n) is 4.10. The molecule has 0 radical (unpaired) electrons. The molecule has 1 rings (SSSR count). The van der Waals surface area contributed by atoms with Crippen molar-refractivity contribution >= 4 is 0 Å². The number of hydrogen-bond donors (Lipinski definition) is 1. The molecule has 17 heavy (non-hydrogen) atoms. The smallest absolute Gasteiger partial charge is 0.309 e. The quantitative estimate of drug-likeness (QED) is 0.869. The standard InChI is InChI=1S/C11H18F3N3/c1-4-15-9(5-6-11(12,13)14)10-7-8(2)16-17(10)3/h7,9,15H,4-6H2,1-3H3.